The van der Waals surface area contributed by atoms with Gasteiger partial charge in [-0.3, -0.25) is 4.79 Å². The number of amides is 1. The van der Waals surface area contributed by atoms with E-state index in [0.717, 1.165) is 22.0 Å². The minimum absolute atomic E-state index is 0.0404. The van der Waals surface area contributed by atoms with Crippen molar-refractivity contribution in [2.24, 2.45) is 0 Å². The molecule has 0 saturated heterocycles. The number of anilines is 1. The average molecular weight is 336 g/mol. The Morgan fingerprint density at radius 1 is 1.23 bits per heavy atom. The van der Waals surface area contributed by atoms with E-state index in [1.54, 1.807) is 16.7 Å². The van der Waals surface area contributed by atoms with Gasteiger partial charge in [-0.25, -0.2) is 13.8 Å². The van der Waals surface area contributed by atoms with Gasteiger partial charge in [0.15, 0.2) is 0 Å². The molecule has 112 valence electrons. The van der Waals surface area contributed by atoms with Crippen LogP contribution in [0, 0.1) is 11.6 Å². The number of rotatable bonds is 4. The zero-order valence-electron chi connectivity index (χ0n) is 11.2. The second-order valence-corrected chi connectivity index (χ2v) is 6.28. The molecule has 3 rings (SSSR count). The van der Waals surface area contributed by atoms with Gasteiger partial charge in [-0.2, -0.15) is 0 Å². The van der Waals surface area contributed by atoms with Crippen molar-refractivity contribution in [1.29, 1.82) is 0 Å². The van der Waals surface area contributed by atoms with Crippen LogP contribution in [0.5, 0.6) is 0 Å². The van der Waals surface area contributed by atoms with Crippen LogP contribution in [0.25, 0.3) is 9.88 Å². The third-order valence-corrected chi connectivity index (χ3v) is 4.76. The van der Waals surface area contributed by atoms with Crippen molar-refractivity contribution >= 4 is 34.3 Å². The number of aromatic nitrogens is 1. The number of carbonyl (C=O) groups excluding carboxylic acids is 1. The molecule has 0 fully saturated rings. The van der Waals surface area contributed by atoms with Crippen LogP contribution in [-0.4, -0.2) is 10.9 Å². The number of halogens is 2. The van der Waals surface area contributed by atoms with Crippen LogP contribution < -0.4 is 5.32 Å². The molecule has 22 heavy (non-hydrogen) atoms. The molecule has 0 aliphatic heterocycles. The molecule has 1 N–H and O–H groups in total. The lowest BCUT2D eigenvalue weighted by Gasteiger charge is -2.05. The number of carbonyl (C=O) groups is 1. The normalized spacial score (nSPS) is 10.6. The van der Waals surface area contributed by atoms with Crippen LogP contribution in [0.1, 0.15) is 5.69 Å². The SMILES string of the molecule is O=C(Cc1csc(-c2cccs2)n1)Nc1ccc(F)cc1F. The minimum Gasteiger partial charge on any atom is -0.323 e. The van der Waals surface area contributed by atoms with Crippen molar-refractivity contribution in [2.75, 3.05) is 5.32 Å². The Kier molecular flexibility index (Phi) is 4.26. The first-order valence-electron chi connectivity index (χ1n) is 6.35. The van der Waals surface area contributed by atoms with Crippen LogP contribution in [0.4, 0.5) is 14.5 Å². The third-order valence-electron chi connectivity index (χ3n) is 2.83. The Morgan fingerprint density at radius 3 is 2.82 bits per heavy atom. The summed E-state index contributed by atoms with van der Waals surface area (Å²) in [5.41, 5.74) is 0.577. The van der Waals surface area contributed by atoms with E-state index >= 15 is 0 Å². The van der Waals surface area contributed by atoms with E-state index in [-0.39, 0.29) is 12.1 Å². The van der Waals surface area contributed by atoms with Gasteiger partial charge in [0.25, 0.3) is 0 Å². The number of nitrogens with one attached hydrogen (secondary N) is 1. The molecule has 3 aromatic rings. The first-order chi connectivity index (χ1) is 10.6. The molecule has 0 radical (unpaired) electrons. The van der Waals surface area contributed by atoms with Crippen molar-refractivity contribution in [3.05, 3.63) is 58.4 Å². The van der Waals surface area contributed by atoms with Gasteiger partial charge < -0.3 is 5.32 Å². The minimum atomic E-state index is -0.800. The molecule has 1 amide bonds. The quantitative estimate of drug-likeness (QED) is 0.770. The smallest absolute Gasteiger partial charge is 0.230 e. The van der Waals surface area contributed by atoms with E-state index < -0.39 is 17.5 Å². The summed E-state index contributed by atoms with van der Waals surface area (Å²) in [4.78, 5) is 17.3. The maximum atomic E-state index is 13.5. The standard InChI is InChI=1S/C15H10F2N2OS2/c16-9-3-4-12(11(17)6-9)19-14(20)7-10-8-22-15(18-10)13-2-1-5-21-13/h1-6,8H,7H2,(H,19,20). The van der Waals surface area contributed by atoms with Gasteiger partial charge >= 0.3 is 0 Å². The lowest BCUT2D eigenvalue weighted by molar-refractivity contribution is -0.115. The summed E-state index contributed by atoms with van der Waals surface area (Å²) in [6.07, 6.45) is 0.0404. The van der Waals surface area contributed by atoms with E-state index in [1.807, 2.05) is 17.5 Å². The van der Waals surface area contributed by atoms with Crippen molar-refractivity contribution < 1.29 is 13.6 Å². The summed E-state index contributed by atoms with van der Waals surface area (Å²) in [5, 5.41) is 7.03. The summed E-state index contributed by atoms with van der Waals surface area (Å²) in [7, 11) is 0. The average Bonchev–Trinajstić information content (AvgIpc) is 3.12. The van der Waals surface area contributed by atoms with Gasteiger partial charge in [0.2, 0.25) is 5.91 Å². The highest BCUT2D eigenvalue weighted by molar-refractivity contribution is 7.20. The van der Waals surface area contributed by atoms with E-state index in [1.165, 1.54) is 17.4 Å². The number of hydrogen-bond acceptors (Lipinski definition) is 4. The molecule has 7 heteroatoms. The lowest BCUT2D eigenvalue weighted by Crippen LogP contribution is -2.15. The highest BCUT2D eigenvalue weighted by Gasteiger charge is 2.12. The molecule has 0 aliphatic rings. The van der Waals surface area contributed by atoms with Crippen molar-refractivity contribution in [3.63, 3.8) is 0 Å². The van der Waals surface area contributed by atoms with Crippen LogP contribution in [0.2, 0.25) is 0 Å². The molecule has 2 aromatic heterocycles. The number of thiazole rings is 1. The summed E-state index contributed by atoms with van der Waals surface area (Å²) in [6, 6.07) is 6.91. The molecule has 2 heterocycles. The number of hydrogen-bond donors (Lipinski definition) is 1. The third kappa shape index (κ3) is 3.37. The number of benzene rings is 1. The molecule has 0 spiro atoms. The van der Waals surface area contributed by atoms with Gasteiger partial charge in [-0.1, -0.05) is 6.07 Å². The molecular formula is C15H10F2N2OS2. The second-order valence-electron chi connectivity index (χ2n) is 4.47. The maximum absolute atomic E-state index is 13.5. The van der Waals surface area contributed by atoms with E-state index in [4.69, 9.17) is 0 Å². The van der Waals surface area contributed by atoms with Gasteiger partial charge in [0.05, 0.1) is 22.7 Å². The summed E-state index contributed by atoms with van der Waals surface area (Å²) < 4.78 is 26.3. The summed E-state index contributed by atoms with van der Waals surface area (Å²) in [5.74, 6) is -1.88. The molecule has 0 unspecified atom stereocenters. The first-order valence-corrected chi connectivity index (χ1v) is 8.11. The predicted molar refractivity (Wildman–Crippen MR) is 84.1 cm³/mol. The summed E-state index contributed by atoms with van der Waals surface area (Å²) in [6.45, 7) is 0. The van der Waals surface area contributed by atoms with Gasteiger partial charge in [0, 0.05) is 11.4 Å². The maximum Gasteiger partial charge on any atom is 0.230 e. The monoisotopic (exact) mass is 336 g/mol. The van der Waals surface area contributed by atoms with Crippen LogP contribution >= 0.6 is 22.7 Å². The van der Waals surface area contributed by atoms with Gasteiger partial charge in [0.1, 0.15) is 16.6 Å². The topological polar surface area (TPSA) is 42.0 Å². The van der Waals surface area contributed by atoms with E-state index in [2.05, 4.69) is 10.3 Å². The fourth-order valence-corrected chi connectivity index (χ4v) is 3.49. The Hall–Kier alpha value is -2.12. The van der Waals surface area contributed by atoms with E-state index in [0.29, 0.717) is 5.69 Å². The highest BCUT2D eigenvalue weighted by atomic mass is 32.1. The molecule has 1 aromatic carbocycles. The van der Waals surface area contributed by atoms with Crippen LogP contribution in [-0.2, 0) is 11.2 Å². The highest BCUT2D eigenvalue weighted by Crippen LogP contribution is 2.28. The zero-order chi connectivity index (χ0) is 15.5. The molecule has 0 aliphatic carbocycles. The van der Waals surface area contributed by atoms with Crippen molar-refractivity contribution in [2.45, 2.75) is 6.42 Å². The first kappa shape index (κ1) is 14.8. The lowest BCUT2D eigenvalue weighted by atomic mass is 10.2. The largest absolute Gasteiger partial charge is 0.323 e. The molecular weight excluding hydrogens is 326 g/mol. The second kappa shape index (κ2) is 6.33. The number of nitrogens with zero attached hydrogens (tertiary/aromatic N) is 1. The molecule has 0 atom stereocenters. The fraction of sp³-hybridized carbons (Fsp3) is 0.0667. The predicted octanol–water partition coefficient (Wildman–Crippen LogP) is 4.33. The number of thiophene rings is 1. The Balaban J connectivity index is 1.67. The Morgan fingerprint density at radius 2 is 2.09 bits per heavy atom. The fourth-order valence-electron chi connectivity index (χ4n) is 1.85. The van der Waals surface area contributed by atoms with Crippen LogP contribution in [0.3, 0.4) is 0 Å². The molecule has 0 saturated carbocycles. The Bertz CT molecular complexity index is 800. The van der Waals surface area contributed by atoms with Gasteiger partial charge in [-0.15, -0.1) is 22.7 Å². The van der Waals surface area contributed by atoms with E-state index in [9.17, 15) is 13.6 Å². The zero-order valence-corrected chi connectivity index (χ0v) is 12.8. The molecule has 3 nitrogen and oxygen atoms in total. The van der Waals surface area contributed by atoms with Crippen molar-refractivity contribution in [3.8, 4) is 9.88 Å². The van der Waals surface area contributed by atoms with Crippen LogP contribution in [0.15, 0.2) is 41.1 Å². The Labute approximate surface area is 133 Å². The molecule has 0 bridgehead atoms. The van der Waals surface area contributed by atoms with Gasteiger partial charge in [-0.05, 0) is 23.6 Å². The summed E-state index contributed by atoms with van der Waals surface area (Å²) >= 11 is 3.03. The van der Waals surface area contributed by atoms with Crippen molar-refractivity contribution in [1.82, 2.24) is 4.98 Å².